The zero-order valence-electron chi connectivity index (χ0n) is 11.3. The van der Waals surface area contributed by atoms with E-state index in [2.05, 4.69) is 39.9 Å². The molecule has 0 saturated carbocycles. The average molecular weight is 374 g/mol. The first-order valence-corrected chi connectivity index (χ1v) is 7.51. The van der Waals surface area contributed by atoms with Crippen molar-refractivity contribution < 1.29 is 9.53 Å². The van der Waals surface area contributed by atoms with E-state index < -0.39 is 0 Å². The van der Waals surface area contributed by atoms with Crippen LogP contribution in [0.2, 0.25) is 0 Å². The van der Waals surface area contributed by atoms with Gasteiger partial charge in [-0.2, -0.15) is 0 Å². The van der Waals surface area contributed by atoms with E-state index in [4.69, 9.17) is 4.74 Å². The van der Waals surface area contributed by atoms with E-state index in [9.17, 15) is 4.79 Å². The Morgan fingerprint density at radius 2 is 2.11 bits per heavy atom. The molecule has 1 aromatic carbocycles. The van der Waals surface area contributed by atoms with Gasteiger partial charge in [0.1, 0.15) is 5.75 Å². The van der Waals surface area contributed by atoms with Gasteiger partial charge in [0, 0.05) is 11.6 Å². The molecule has 104 valence electrons. The highest BCUT2D eigenvalue weighted by molar-refractivity contribution is 14.1. The first-order chi connectivity index (χ1) is 9.10. The van der Waals surface area contributed by atoms with Crippen LogP contribution in [0.4, 0.5) is 0 Å². The predicted octanol–water partition coefficient (Wildman–Crippen LogP) is 2.12. The van der Waals surface area contributed by atoms with Gasteiger partial charge < -0.3 is 15.0 Å². The number of hydrogen-bond donors (Lipinski definition) is 1. The second-order valence-corrected chi connectivity index (χ2v) is 6.06. The molecule has 1 heterocycles. The maximum Gasteiger partial charge on any atom is 0.251 e. The molecule has 0 aliphatic carbocycles. The minimum absolute atomic E-state index is 0.00995. The van der Waals surface area contributed by atoms with E-state index in [0.29, 0.717) is 5.56 Å². The molecule has 19 heavy (non-hydrogen) atoms. The number of rotatable bonds is 3. The number of hydrogen-bond acceptors (Lipinski definition) is 3. The van der Waals surface area contributed by atoms with Gasteiger partial charge in [0.15, 0.2) is 0 Å². The van der Waals surface area contributed by atoms with Crippen LogP contribution in [-0.4, -0.2) is 44.1 Å². The fourth-order valence-electron chi connectivity index (χ4n) is 2.22. The monoisotopic (exact) mass is 374 g/mol. The summed E-state index contributed by atoms with van der Waals surface area (Å²) in [6.45, 7) is 2.09. The van der Waals surface area contributed by atoms with Crippen molar-refractivity contribution in [2.24, 2.45) is 0 Å². The van der Waals surface area contributed by atoms with Crippen LogP contribution in [0.5, 0.6) is 5.75 Å². The lowest BCUT2D eigenvalue weighted by Crippen LogP contribution is -2.43. The van der Waals surface area contributed by atoms with Crippen molar-refractivity contribution in [1.29, 1.82) is 0 Å². The maximum absolute atomic E-state index is 12.2. The number of nitrogens with one attached hydrogen (secondary N) is 1. The molecule has 1 aliphatic rings. The summed E-state index contributed by atoms with van der Waals surface area (Å²) in [4.78, 5) is 14.5. The van der Waals surface area contributed by atoms with Gasteiger partial charge in [0.25, 0.3) is 5.91 Å². The van der Waals surface area contributed by atoms with E-state index >= 15 is 0 Å². The number of amides is 1. The molecule has 1 N–H and O–H groups in total. The van der Waals surface area contributed by atoms with Crippen molar-refractivity contribution in [3.8, 4) is 5.75 Å². The number of benzene rings is 1. The number of carbonyl (C=O) groups is 1. The smallest absolute Gasteiger partial charge is 0.251 e. The third kappa shape index (κ3) is 3.82. The molecule has 0 atom stereocenters. The third-order valence-electron chi connectivity index (χ3n) is 3.47. The topological polar surface area (TPSA) is 41.6 Å². The first kappa shape index (κ1) is 14.6. The molecule has 2 rings (SSSR count). The number of nitrogens with zero attached hydrogens (tertiary/aromatic N) is 1. The van der Waals surface area contributed by atoms with Crippen molar-refractivity contribution in [3.05, 3.63) is 27.3 Å². The molecule has 0 radical (unpaired) electrons. The van der Waals surface area contributed by atoms with Crippen molar-refractivity contribution >= 4 is 28.5 Å². The minimum Gasteiger partial charge on any atom is -0.496 e. The molecule has 4 nitrogen and oxygen atoms in total. The van der Waals surface area contributed by atoms with Crippen molar-refractivity contribution in [2.75, 3.05) is 27.2 Å². The quantitative estimate of drug-likeness (QED) is 0.825. The largest absolute Gasteiger partial charge is 0.496 e. The second kappa shape index (κ2) is 6.56. The van der Waals surface area contributed by atoms with Gasteiger partial charge in [0.2, 0.25) is 0 Å². The van der Waals surface area contributed by atoms with Gasteiger partial charge in [-0.3, -0.25) is 4.79 Å². The zero-order valence-corrected chi connectivity index (χ0v) is 13.4. The summed E-state index contributed by atoms with van der Waals surface area (Å²) in [5.74, 6) is 0.737. The molecular formula is C14H19IN2O2. The molecule has 1 aromatic rings. The fourth-order valence-corrected chi connectivity index (χ4v) is 2.78. The summed E-state index contributed by atoms with van der Waals surface area (Å²) in [5, 5.41) is 3.10. The number of methoxy groups -OCH3 is 1. The first-order valence-electron chi connectivity index (χ1n) is 6.43. The molecule has 5 heteroatoms. The third-order valence-corrected chi connectivity index (χ3v) is 4.36. The van der Waals surface area contributed by atoms with Gasteiger partial charge >= 0.3 is 0 Å². The van der Waals surface area contributed by atoms with Crippen molar-refractivity contribution in [3.63, 3.8) is 0 Å². The highest BCUT2D eigenvalue weighted by Crippen LogP contribution is 2.22. The summed E-state index contributed by atoms with van der Waals surface area (Å²) >= 11 is 2.20. The Labute approximate surface area is 127 Å². The molecule has 0 bridgehead atoms. The van der Waals surface area contributed by atoms with E-state index in [1.165, 1.54) is 0 Å². The summed E-state index contributed by atoms with van der Waals surface area (Å²) in [6.07, 6.45) is 2.04. The number of carbonyl (C=O) groups excluding carboxylic acids is 1. The maximum atomic E-state index is 12.2. The Bertz CT molecular complexity index is 457. The molecule has 0 aromatic heterocycles. The van der Waals surface area contributed by atoms with E-state index in [1.807, 2.05) is 12.1 Å². The fraction of sp³-hybridized carbons (Fsp3) is 0.500. The standard InChI is InChI=1S/C14H19IN2O2/c1-17-7-5-11(6-8-17)16-14(18)10-3-4-12(15)13(9-10)19-2/h3-4,9,11H,5-8H2,1-2H3,(H,16,18). The summed E-state index contributed by atoms with van der Waals surface area (Å²) in [6, 6.07) is 5.83. The lowest BCUT2D eigenvalue weighted by Gasteiger charge is -2.29. The predicted molar refractivity (Wildman–Crippen MR) is 83.7 cm³/mol. The Balaban J connectivity index is 2.00. The SMILES string of the molecule is COc1cc(C(=O)NC2CCN(C)CC2)ccc1I. The highest BCUT2D eigenvalue weighted by Gasteiger charge is 2.19. The Morgan fingerprint density at radius 1 is 1.42 bits per heavy atom. The average Bonchev–Trinajstić information content (AvgIpc) is 2.42. The van der Waals surface area contributed by atoms with E-state index in [0.717, 1.165) is 35.3 Å². The normalized spacial score (nSPS) is 17.2. The van der Waals surface area contributed by atoms with Gasteiger partial charge in [-0.05, 0) is 73.8 Å². The Hall–Kier alpha value is -0.820. The van der Waals surface area contributed by atoms with Crippen LogP contribution in [-0.2, 0) is 0 Å². The van der Waals surface area contributed by atoms with Crippen LogP contribution >= 0.6 is 22.6 Å². The molecule has 0 unspecified atom stereocenters. The van der Waals surface area contributed by atoms with E-state index in [1.54, 1.807) is 13.2 Å². The van der Waals surface area contributed by atoms with Crippen LogP contribution in [0.15, 0.2) is 18.2 Å². The number of ether oxygens (including phenoxy) is 1. The van der Waals surface area contributed by atoms with Crippen LogP contribution in [0.25, 0.3) is 0 Å². The van der Waals surface area contributed by atoms with E-state index in [-0.39, 0.29) is 11.9 Å². The second-order valence-electron chi connectivity index (χ2n) is 4.90. The molecule has 0 spiro atoms. The van der Waals surface area contributed by atoms with Gasteiger partial charge in [-0.15, -0.1) is 0 Å². The van der Waals surface area contributed by atoms with Crippen LogP contribution < -0.4 is 10.1 Å². The van der Waals surface area contributed by atoms with Gasteiger partial charge in [-0.1, -0.05) is 0 Å². The van der Waals surface area contributed by atoms with Gasteiger partial charge in [0.05, 0.1) is 10.7 Å². The van der Waals surface area contributed by atoms with Crippen LogP contribution in [0.1, 0.15) is 23.2 Å². The minimum atomic E-state index is -0.00995. The Kier molecular flexibility index (Phi) is 5.04. The summed E-state index contributed by atoms with van der Waals surface area (Å²) in [5.41, 5.74) is 0.663. The molecule has 1 amide bonds. The highest BCUT2D eigenvalue weighted by atomic mass is 127. The van der Waals surface area contributed by atoms with Gasteiger partial charge in [-0.25, -0.2) is 0 Å². The number of piperidine rings is 1. The lowest BCUT2D eigenvalue weighted by molar-refractivity contribution is 0.0916. The van der Waals surface area contributed by atoms with Crippen molar-refractivity contribution in [1.82, 2.24) is 10.2 Å². The lowest BCUT2D eigenvalue weighted by atomic mass is 10.0. The van der Waals surface area contributed by atoms with Crippen LogP contribution in [0.3, 0.4) is 0 Å². The zero-order chi connectivity index (χ0) is 13.8. The summed E-state index contributed by atoms with van der Waals surface area (Å²) in [7, 11) is 3.73. The molecular weight excluding hydrogens is 355 g/mol. The Morgan fingerprint density at radius 3 is 2.74 bits per heavy atom. The van der Waals surface area contributed by atoms with Crippen LogP contribution in [0, 0.1) is 3.57 Å². The van der Waals surface area contributed by atoms with Crippen molar-refractivity contribution in [2.45, 2.75) is 18.9 Å². The summed E-state index contributed by atoms with van der Waals surface area (Å²) < 4.78 is 6.26. The number of likely N-dealkylation sites (tertiary alicyclic amines) is 1. The number of halogens is 1. The molecule has 1 aliphatic heterocycles. The molecule has 1 fully saturated rings. The molecule has 1 saturated heterocycles.